The van der Waals surface area contributed by atoms with Gasteiger partial charge in [-0.05, 0) is 42.8 Å². The minimum absolute atomic E-state index is 0.208. The van der Waals surface area contributed by atoms with Gasteiger partial charge in [0.1, 0.15) is 10.7 Å². The molecule has 1 aromatic heterocycles. The van der Waals surface area contributed by atoms with Crippen LogP contribution >= 0.6 is 0 Å². The average Bonchev–Trinajstić information content (AvgIpc) is 2.88. The van der Waals surface area contributed by atoms with Crippen LogP contribution in [0.3, 0.4) is 0 Å². The Bertz CT molecular complexity index is 921. The third-order valence-electron chi connectivity index (χ3n) is 4.47. The molecule has 1 N–H and O–H groups in total. The molecule has 0 aliphatic carbocycles. The molecule has 7 nitrogen and oxygen atoms in total. The predicted molar refractivity (Wildman–Crippen MR) is 96.2 cm³/mol. The first-order valence-electron chi connectivity index (χ1n) is 8.52. The van der Waals surface area contributed by atoms with Crippen LogP contribution in [0.2, 0.25) is 0 Å². The largest absolute Gasteiger partial charge is 0.478 e. The molecule has 0 unspecified atom stereocenters. The number of aromatic carboxylic acids is 1. The van der Waals surface area contributed by atoms with Gasteiger partial charge in [-0.3, -0.25) is 9.88 Å². The molecule has 2 aromatic rings. The molecule has 9 heteroatoms. The quantitative estimate of drug-likeness (QED) is 0.833. The van der Waals surface area contributed by atoms with E-state index in [1.54, 1.807) is 12.4 Å². The topological polar surface area (TPSA) is 90.8 Å². The van der Waals surface area contributed by atoms with Crippen molar-refractivity contribution in [3.8, 4) is 0 Å². The van der Waals surface area contributed by atoms with E-state index >= 15 is 0 Å². The number of hydrogen-bond donors (Lipinski definition) is 1. The zero-order valence-electron chi connectivity index (χ0n) is 14.6. The fraction of sp³-hybridized carbons (Fsp3) is 0.333. The van der Waals surface area contributed by atoms with E-state index in [2.05, 4.69) is 9.88 Å². The summed E-state index contributed by atoms with van der Waals surface area (Å²) in [6, 6.07) is 6.62. The number of aromatic nitrogens is 1. The molecule has 1 aromatic carbocycles. The van der Waals surface area contributed by atoms with Gasteiger partial charge < -0.3 is 5.11 Å². The first-order chi connectivity index (χ1) is 12.9. The third-order valence-corrected chi connectivity index (χ3v) is 6.39. The fourth-order valence-corrected chi connectivity index (χ4v) is 4.63. The van der Waals surface area contributed by atoms with Gasteiger partial charge in [-0.1, -0.05) is 6.07 Å². The number of rotatable bonds is 5. The van der Waals surface area contributed by atoms with E-state index in [1.165, 1.54) is 4.31 Å². The van der Waals surface area contributed by atoms with Gasteiger partial charge in [0.05, 0.1) is 5.56 Å². The van der Waals surface area contributed by atoms with E-state index in [4.69, 9.17) is 5.11 Å². The Morgan fingerprint density at radius 1 is 1.19 bits per heavy atom. The maximum Gasteiger partial charge on any atom is 0.335 e. The maximum absolute atomic E-state index is 14.1. The lowest BCUT2D eigenvalue weighted by atomic mass is 10.2. The molecule has 2 heterocycles. The van der Waals surface area contributed by atoms with Crippen LogP contribution < -0.4 is 0 Å². The van der Waals surface area contributed by atoms with Crippen molar-refractivity contribution in [2.45, 2.75) is 17.9 Å². The summed E-state index contributed by atoms with van der Waals surface area (Å²) in [4.78, 5) is 16.7. The maximum atomic E-state index is 14.1. The lowest BCUT2D eigenvalue weighted by molar-refractivity contribution is 0.0696. The third kappa shape index (κ3) is 4.49. The van der Waals surface area contributed by atoms with E-state index < -0.39 is 26.7 Å². The summed E-state index contributed by atoms with van der Waals surface area (Å²) < 4.78 is 41.1. The van der Waals surface area contributed by atoms with Gasteiger partial charge in [0.25, 0.3) is 0 Å². The summed E-state index contributed by atoms with van der Waals surface area (Å²) in [5.74, 6) is -2.25. The summed E-state index contributed by atoms with van der Waals surface area (Å²) in [5, 5.41) is 9.05. The lowest BCUT2D eigenvalue weighted by Gasteiger charge is -2.22. The van der Waals surface area contributed by atoms with Gasteiger partial charge in [0.15, 0.2) is 0 Å². The molecule has 0 radical (unpaired) electrons. The van der Waals surface area contributed by atoms with E-state index in [1.807, 2.05) is 12.1 Å². The van der Waals surface area contributed by atoms with Crippen molar-refractivity contribution in [2.75, 3.05) is 26.2 Å². The van der Waals surface area contributed by atoms with E-state index in [0.717, 1.165) is 23.8 Å². The summed E-state index contributed by atoms with van der Waals surface area (Å²) in [6.45, 7) is 2.32. The van der Waals surface area contributed by atoms with Crippen LogP contribution in [0, 0.1) is 5.82 Å². The molecular weight excluding hydrogens is 373 g/mol. The standard InChI is InChI=1S/C18H20FN3O4S/c19-16-5-4-15(18(23)24)11-17(16)27(25,26)22-8-2-7-21(9-10-22)13-14-3-1-6-20-12-14/h1,3-6,11-12H,2,7-10,13H2,(H,23,24). The van der Waals surface area contributed by atoms with E-state index in [9.17, 15) is 17.6 Å². The fourth-order valence-electron chi connectivity index (χ4n) is 3.07. The first-order valence-corrected chi connectivity index (χ1v) is 9.96. The highest BCUT2D eigenvalue weighted by molar-refractivity contribution is 7.89. The van der Waals surface area contributed by atoms with Crippen LogP contribution in [-0.2, 0) is 16.6 Å². The monoisotopic (exact) mass is 393 g/mol. The van der Waals surface area contributed by atoms with Crippen LogP contribution in [-0.4, -0.2) is 59.9 Å². The average molecular weight is 393 g/mol. The number of carbonyl (C=O) groups is 1. The molecule has 27 heavy (non-hydrogen) atoms. The first kappa shape index (κ1) is 19.4. The molecule has 1 aliphatic rings. The molecule has 144 valence electrons. The van der Waals surface area contributed by atoms with Crippen LogP contribution in [0.4, 0.5) is 4.39 Å². The van der Waals surface area contributed by atoms with Gasteiger partial charge in [-0.25, -0.2) is 17.6 Å². The lowest BCUT2D eigenvalue weighted by Crippen LogP contribution is -2.35. The number of carboxylic acids is 1. The van der Waals surface area contributed by atoms with Gasteiger partial charge in [-0.2, -0.15) is 4.31 Å². The molecule has 0 atom stereocenters. The molecular formula is C18H20FN3O4S. The van der Waals surface area contributed by atoms with Crippen LogP contribution in [0.15, 0.2) is 47.6 Å². The second-order valence-corrected chi connectivity index (χ2v) is 8.25. The van der Waals surface area contributed by atoms with Crippen molar-refractivity contribution in [3.05, 3.63) is 59.7 Å². The Hall–Kier alpha value is -2.36. The Balaban J connectivity index is 1.76. The number of carboxylic acid groups (broad SMARTS) is 1. The van der Waals surface area contributed by atoms with Gasteiger partial charge in [0, 0.05) is 38.6 Å². The Kier molecular flexibility index (Phi) is 5.83. The minimum atomic E-state index is -4.11. The van der Waals surface area contributed by atoms with Crippen molar-refractivity contribution in [1.82, 2.24) is 14.2 Å². The smallest absolute Gasteiger partial charge is 0.335 e. The Labute approximate surface area is 157 Å². The summed E-state index contributed by atoms with van der Waals surface area (Å²) in [6.07, 6.45) is 4.06. The number of sulfonamides is 1. The second kappa shape index (κ2) is 8.12. The predicted octanol–water partition coefficient (Wildman–Crippen LogP) is 1.82. The van der Waals surface area contributed by atoms with Crippen molar-refractivity contribution >= 4 is 16.0 Å². The number of pyridine rings is 1. The van der Waals surface area contributed by atoms with E-state index in [-0.39, 0.29) is 18.7 Å². The number of halogens is 1. The number of benzene rings is 1. The van der Waals surface area contributed by atoms with E-state index in [0.29, 0.717) is 26.1 Å². The Morgan fingerprint density at radius 2 is 2.00 bits per heavy atom. The minimum Gasteiger partial charge on any atom is -0.478 e. The van der Waals surface area contributed by atoms with Crippen molar-refractivity contribution in [3.63, 3.8) is 0 Å². The van der Waals surface area contributed by atoms with Crippen LogP contribution in [0.5, 0.6) is 0 Å². The number of hydrogen-bond acceptors (Lipinski definition) is 5. The molecule has 1 fully saturated rings. The zero-order valence-corrected chi connectivity index (χ0v) is 15.4. The molecule has 1 saturated heterocycles. The van der Waals surface area contributed by atoms with Crippen molar-refractivity contribution < 1.29 is 22.7 Å². The van der Waals surface area contributed by atoms with Crippen molar-refractivity contribution in [2.24, 2.45) is 0 Å². The van der Waals surface area contributed by atoms with Gasteiger partial charge in [-0.15, -0.1) is 0 Å². The molecule has 0 spiro atoms. The summed E-state index contributed by atoms with van der Waals surface area (Å²) >= 11 is 0. The van der Waals surface area contributed by atoms with Crippen LogP contribution in [0.1, 0.15) is 22.3 Å². The van der Waals surface area contributed by atoms with Gasteiger partial charge in [0.2, 0.25) is 10.0 Å². The molecule has 0 saturated carbocycles. The molecule has 3 rings (SSSR count). The summed E-state index contributed by atoms with van der Waals surface area (Å²) in [7, 11) is -4.11. The molecule has 0 bridgehead atoms. The van der Waals surface area contributed by atoms with Crippen molar-refractivity contribution in [1.29, 1.82) is 0 Å². The normalized spacial score (nSPS) is 16.8. The molecule has 0 amide bonds. The zero-order chi connectivity index (χ0) is 19.4. The Morgan fingerprint density at radius 3 is 2.70 bits per heavy atom. The SMILES string of the molecule is O=C(O)c1ccc(F)c(S(=O)(=O)N2CCCN(Cc3cccnc3)CC2)c1. The highest BCUT2D eigenvalue weighted by Crippen LogP contribution is 2.22. The molecule has 1 aliphatic heterocycles. The highest BCUT2D eigenvalue weighted by Gasteiger charge is 2.30. The number of nitrogens with zero attached hydrogens (tertiary/aromatic N) is 3. The second-order valence-electron chi connectivity index (χ2n) is 6.35. The summed E-state index contributed by atoms with van der Waals surface area (Å²) in [5.41, 5.74) is 0.775. The highest BCUT2D eigenvalue weighted by atomic mass is 32.2. The van der Waals surface area contributed by atoms with Gasteiger partial charge >= 0.3 is 5.97 Å². The van der Waals surface area contributed by atoms with Crippen LogP contribution in [0.25, 0.3) is 0 Å².